The van der Waals surface area contributed by atoms with Crippen LogP contribution in [0.4, 0.5) is 0 Å². The van der Waals surface area contributed by atoms with Crippen LogP contribution in [0.15, 0.2) is 0 Å². The molecule has 0 aliphatic heterocycles. The number of nitrogens with one attached hydrogen (secondary N) is 1. The molecule has 0 atom stereocenters. The Morgan fingerprint density at radius 2 is 1.71 bits per heavy atom. The lowest BCUT2D eigenvalue weighted by atomic mass is 9.82. The third kappa shape index (κ3) is 5.02. The van der Waals surface area contributed by atoms with Crippen molar-refractivity contribution in [1.82, 2.24) is 10.2 Å². The van der Waals surface area contributed by atoms with Crippen LogP contribution in [0.25, 0.3) is 0 Å². The summed E-state index contributed by atoms with van der Waals surface area (Å²) in [5, 5.41) is 12.2. The molecule has 21 heavy (non-hydrogen) atoms. The number of hydrogen-bond acceptors (Lipinski definition) is 3. The van der Waals surface area contributed by atoms with Crippen molar-refractivity contribution in [1.29, 1.82) is 0 Å². The first kappa shape index (κ1) is 17.5. The van der Waals surface area contributed by atoms with Crippen molar-refractivity contribution < 1.29 is 19.5 Å². The van der Waals surface area contributed by atoms with Crippen LogP contribution in [0, 0.1) is 5.41 Å². The van der Waals surface area contributed by atoms with Gasteiger partial charge < -0.3 is 15.3 Å². The normalized spacial score (nSPS) is 17.3. The molecule has 6 heteroatoms. The molecule has 2 amide bonds. The fourth-order valence-corrected chi connectivity index (χ4v) is 2.70. The number of aliphatic carboxylic acids is 1. The summed E-state index contributed by atoms with van der Waals surface area (Å²) in [5.74, 6) is -1.43. The minimum atomic E-state index is -0.939. The molecule has 2 N–H and O–H groups in total. The first-order valence-corrected chi connectivity index (χ1v) is 7.34. The summed E-state index contributed by atoms with van der Waals surface area (Å²) in [4.78, 5) is 36.7. The van der Waals surface area contributed by atoms with E-state index in [-0.39, 0.29) is 30.3 Å². The summed E-state index contributed by atoms with van der Waals surface area (Å²) >= 11 is 0. The van der Waals surface area contributed by atoms with Crippen molar-refractivity contribution >= 4 is 17.8 Å². The lowest BCUT2D eigenvalue weighted by molar-refractivity contribution is -0.153. The maximum Gasteiger partial charge on any atom is 0.310 e. The van der Waals surface area contributed by atoms with E-state index in [0.29, 0.717) is 12.8 Å². The molecule has 0 bridgehead atoms. The van der Waals surface area contributed by atoms with Gasteiger partial charge in [-0.25, -0.2) is 0 Å². The third-order valence-electron chi connectivity index (χ3n) is 3.82. The van der Waals surface area contributed by atoms with E-state index >= 15 is 0 Å². The molecule has 1 aliphatic rings. The van der Waals surface area contributed by atoms with Gasteiger partial charge in [0, 0.05) is 19.0 Å². The first-order valence-electron chi connectivity index (χ1n) is 7.34. The largest absolute Gasteiger partial charge is 0.481 e. The second-order valence-electron chi connectivity index (χ2n) is 7.02. The summed E-state index contributed by atoms with van der Waals surface area (Å²) in [6, 6.07) is 0. The van der Waals surface area contributed by atoms with Crippen LogP contribution in [-0.2, 0) is 14.4 Å². The quantitative estimate of drug-likeness (QED) is 0.803. The molecule has 6 nitrogen and oxygen atoms in total. The van der Waals surface area contributed by atoms with Crippen LogP contribution < -0.4 is 5.32 Å². The predicted molar refractivity (Wildman–Crippen MR) is 78.7 cm³/mol. The van der Waals surface area contributed by atoms with Crippen LogP contribution in [0.2, 0.25) is 0 Å². The monoisotopic (exact) mass is 298 g/mol. The van der Waals surface area contributed by atoms with Crippen LogP contribution in [0.1, 0.15) is 52.9 Å². The summed E-state index contributed by atoms with van der Waals surface area (Å²) in [5.41, 5.74) is -1.29. The highest BCUT2D eigenvalue weighted by Gasteiger charge is 2.43. The molecule has 1 rings (SSSR count). The second-order valence-corrected chi connectivity index (χ2v) is 7.02. The lowest BCUT2D eigenvalue weighted by Crippen LogP contribution is -2.47. The third-order valence-corrected chi connectivity index (χ3v) is 3.82. The number of carbonyl (C=O) groups is 3. The number of amides is 2. The zero-order chi connectivity index (χ0) is 16.3. The SMILES string of the molecule is CN(CC(=O)NC(C)(C)C)C(=O)CC1(C(=O)O)CCCC1. The maximum atomic E-state index is 12.2. The minimum Gasteiger partial charge on any atom is -0.481 e. The number of rotatable bonds is 5. The van der Waals surface area contributed by atoms with E-state index in [0.717, 1.165) is 12.8 Å². The van der Waals surface area contributed by atoms with Gasteiger partial charge >= 0.3 is 5.97 Å². The Labute approximate surface area is 125 Å². The molecule has 0 aromatic rings. The summed E-state index contributed by atoms with van der Waals surface area (Å²) in [6.45, 7) is 5.55. The van der Waals surface area contributed by atoms with Crippen molar-refractivity contribution in [3.8, 4) is 0 Å². The van der Waals surface area contributed by atoms with E-state index in [1.54, 1.807) is 0 Å². The van der Waals surface area contributed by atoms with Crippen molar-refractivity contribution in [2.45, 2.75) is 58.4 Å². The summed E-state index contributed by atoms with van der Waals surface area (Å²) < 4.78 is 0. The smallest absolute Gasteiger partial charge is 0.310 e. The van der Waals surface area contributed by atoms with E-state index in [1.807, 2.05) is 20.8 Å². The molecule has 1 saturated carbocycles. The van der Waals surface area contributed by atoms with Gasteiger partial charge in [0.05, 0.1) is 12.0 Å². The number of hydrogen-bond donors (Lipinski definition) is 2. The molecule has 1 aliphatic carbocycles. The Morgan fingerprint density at radius 1 is 1.19 bits per heavy atom. The minimum absolute atomic E-state index is 0.0262. The lowest BCUT2D eigenvalue weighted by Gasteiger charge is -2.27. The van der Waals surface area contributed by atoms with Crippen molar-refractivity contribution in [3.63, 3.8) is 0 Å². The van der Waals surface area contributed by atoms with E-state index in [9.17, 15) is 19.5 Å². The van der Waals surface area contributed by atoms with Gasteiger partial charge in [0.15, 0.2) is 0 Å². The Hall–Kier alpha value is -1.59. The second kappa shape index (κ2) is 6.45. The molecule has 0 radical (unpaired) electrons. The van der Waals surface area contributed by atoms with Gasteiger partial charge in [0.2, 0.25) is 11.8 Å². The topological polar surface area (TPSA) is 86.7 Å². The van der Waals surface area contributed by atoms with Crippen LogP contribution in [0.3, 0.4) is 0 Å². The zero-order valence-electron chi connectivity index (χ0n) is 13.4. The van der Waals surface area contributed by atoms with Crippen molar-refractivity contribution in [2.75, 3.05) is 13.6 Å². The highest BCUT2D eigenvalue weighted by atomic mass is 16.4. The average Bonchev–Trinajstić information content (AvgIpc) is 2.75. The zero-order valence-corrected chi connectivity index (χ0v) is 13.4. The van der Waals surface area contributed by atoms with Crippen LogP contribution in [0.5, 0.6) is 0 Å². The van der Waals surface area contributed by atoms with Crippen molar-refractivity contribution in [2.24, 2.45) is 5.41 Å². The first-order chi connectivity index (χ1) is 9.56. The Balaban J connectivity index is 2.58. The Morgan fingerprint density at radius 3 is 2.14 bits per heavy atom. The number of carbonyl (C=O) groups excluding carboxylic acids is 2. The van der Waals surface area contributed by atoms with E-state index in [1.165, 1.54) is 11.9 Å². The molecule has 120 valence electrons. The summed E-state index contributed by atoms with van der Waals surface area (Å²) in [6.07, 6.45) is 2.73. The van der Waals surface area contributed by atoms with Gasteiger partial charge in [-0.15, -0.1) is 0 Å². The van der Waals surface area contributed by atoms with E-state index < -0.39 is 11.4 Å². The van der Waals surface area contributed by atoms with Gasteiger partial charge in [-0.2, -0.15) is 0 Å². The van der Waals surface area contributed by atoms with E-state index in [4.69, 9.17) is 0 Å². The molecule has 0 spiro atoms. The molecular formula is C15H26N2O4. The molecule has 0 unspecified atom stereocenters. The molecular weight excluding hydrogens is 272 g/mol. The number of likely N-dealkylation sites (N-methyl/N-ethyl adjacent to an activating group) is 1. The number of nitrogens with zero attached hydrogens (tertiary/aromatic N) is 1. The van der Waals surface area contributed by atoms with Gasteiger partial charge in [0.1, 0.15) is 0 Å². The standard InChI is InChI=1S/C15H26N2O4/c1-14(2,3)16-11(18)10-17(4)12(19)9-15(13(20)21)7-5-6-8-15/h5-10H2,1-4H3,(H,16,18)(H,20,21). The van der Waals surface area contributed by atoms with Gasteiger partial charge in [-0.3, -0.25) is 14.4 Å². The number of carboxylic acids is 1. The van der Waals surface area contributed by atoms with Crippen molar-refractivity contribution in [3.05, 3.63) is 0 Å². The number of carboxylic acid groups (broad SMARTS) is 1. The van der Waals surface area contributed by atoms with E-state index in [2.05, 4.69) is 5.32 Å². The van der Waals surface area contributed by atoms with Gasteiger partial charge in [0.25, 0.3) is 0 Å². The highest BCUT2D eigenvalue weighted by molar-refractivity contribution is 5.88. The Kier molecular flexibility index (Phi) is 5.36. The van der Waals surface area contributed by atoms with Crippen LogP contribution in [-0.4, -0.2) is 46.9 Å². The molecule has 0 saturated heterocycles. The fourth-order valence-electron chi connectivity index (χ4n) is 2.70. The van der Waals surface area contributed by atoms with Gasteiger partial charge in [-0.1, -0.05) is 12.8 Å². The predicted octanol–water partition coefficient (Wildman–Crippen LogP) is 1.39. The molecule has 0 aromatic carbocycles. The Bertz CT molecular complexity index is 420. The van der Waals surface area contributed by atoms with Crippen LogP contribution >= 0.6 is 0 Å². The fraction of sp³-hybridized carbons (Fsp3) is 0.800. The average molecular weight is 298 g/mol. The molecule has 0 heterocycles. The molecule has 0 aromatic heterocycles. The summed E-state index contributed by atoms with van der Waals surface area (Å²) in [7, 11) is 1.54. The van der Waals surface area contributed by atoms with Gasteiger partial charge in [-0.05, 0) is 33.6 Å². The maximum absolute atomic E-state index is 12.2. The molecule has 1 fully saturated rings. The highest BCUT2D eigenvalue weighted by Crippen LogP contribution is 2.41.